The first-order chi connectivity index (χ1) is 4.22. The molecule has 0 heterocycles. The Balaban J connectivity index is 3.54. The highest BCUT2D eigenvalue weighted by Crippen LogP contribution is 2.11. The molecule has 0 saturated carbocycles. The maximum absolute atomic E-state index is 10.6. The Labute approximate surface area is 66.0 Å². The molecule has 1 unspecified atom stereocenters. The standard InChI is InChI=1S/C6H12OS2/c1-3-5(4-9-2)6(7)8/h5H,3-4H2,1-2H3,(H,7,8). The van der Waals surface area contributed by atoms with Crippen molar-refractivity contribution >= 4 is 29.5 Å². The van der Waals surface area contributed by atoms with Gasteiger partial charge in [-0.3, -0.25) is 4.79 Å². The summed E-state index contributed by atoms with van der Waals surface area (Å²) in [6.45, 7) is 2.01. The summed E-state index contributed by atoms with van der Waals surface area (Å²) in [5.74, 6) is 1.06. The molecule has 0 bridgehead atoms. The van der Waals surface area contributed by atoms with Crippen LogP contribution < -0.4 is 0 Å². The number of thiol groups is 1. The highest BCUT2D eigenvalue weighted by molar-refractivity contribution is 7.99. The van der Waals surface area contributed by atoms with Crippen LogP contribution in [0.2, 0.25) is 0 Å². The van der Waals surface area contributed by atoms with E-state index < -0.39 is 0 Å². The average Bonchev–Trinajstić information content (AvgIpc) is 1.82. The van der Waals surface area contributed by atoms with Crippen molar-refractivity contribution in [1.82, 2.24) is 0 Å². The maximum Gasteiger partial charge on any atom is 0.189 e. The van der Waals surface area contributed by atoms with Gasteiger partial charge in [0.05, 0.1) is 0 Å². The smallest absolute Gasteiger partial charge is 0.189 e. The molecule has 0 amide bonds. The molecule has 0 saturated heterocycles. The second-order valence-electron chi connectivity index (χ2n) is 1.90. The molecule has 0 aromatic carbocycles. The molecule has 0 N–H and O–H groups in total. The molecule has 0 aromatic rings. The third-order valence-corrected chi connectivity index (χ3v) is 2.31. The lowest BCUT2D eigenvalue weighted by molar-refractivity contribution is -0.113. The van der Waals surface area contributed by atoms with Crippen LogP contribution in [0.25, 0.3) is 0 Å². The summed E-state index contributed by atoms with van der Waals surface area (Å²) < 4.78 is 0. The van der Waals surface area contributed by atoms with Gasteiger partial charge in [0.1, 0.15) is 0 Å². The highest BCUT2D eigenvalue weighted by Gasteiger charge is 2.10. The first-order valence-corrected chi connectivity index (χ1v) is 4.78. The van der Waals surface area contributed by atoms with Crippen molar-refractivity contribution in [3.05, 3.63) is 0 Å². The van der Waals surface area contributed by atoms with Crippen molar-refractivity contribution in [1.29, 1.82) is 0 Å². The van der Waals surface area contributed by atoms with Crippen molar-refractivity contribution in [2.24, 2.45) is 5.92 Å². The Morgan fingerprint density at radius 2 is 2.33 bits per heavy atom. The number of thioether (sulfide) groups is 1. The monoisotopic (exact) mass is 164 g/mol. The summed E-state index contributed by atoms with van der Waals surface area (Å²) in [6, 6.07) is 0. The van der Waals surface area contributed by atoms with E-state index in [1.165, 1.54) is 0 Å². The second-order valence-corrected chi connectivity index (χ2v) is 3.25. The Hall–Kier alpha value is 0.370. The van der Waals surface area contributed by atoms with Gasteiger partial charge < -0.3 is 0 Å². The first kappa shape index (κ1) is 9.37. The fourth-order valence-electron chi connectivity index (χ4n) is 0.565. The first-order valence-electron chi connectivity index (χ1n) is 2.94. The minimum absolute atomic E-state index is 0.0202. The molecule has 9 heavy (non-hydrogen) atoms. The Morgan fingerprint density at radius 1 is 1.78 bits per heavy atom. The Kier molecular flexibility index (Phi) is 5.39. The van der Waals surface area contributed by atoms with Gasteiger partial charge >= 0.3 is 0 Å². The fourth-order valence-corrected chi connectivity index (χ4v) is 1.75. The van der Waals surface area contributed by atoms with Gasteiger partial charge in [0.2, 0.25) is 0 Å². The van der Waals surface area contributed by atoms with E-state index in [0.717, 1.165) is 12.2 Å². The summed E-state index contributed by atoms with van der Waals surface area (Å²) in [5.41, 5.74) is 0. The predicted octanol–water partition coefficient (Wildman–Crippen LogP) is 1.83. The van der Waals surface area contributed by atoms with Crippen molar-refractivity contribution in [3.63, 3.8) is 0 Å². The molecule has 0 aliphatic rings. The molecule has 0 spiro atoms. The Morgan fingerprint density at radius 3 is 2.44 bits per heavy atom. The summed E-state index contributed by atoms with van der Waals surface area (Å²) in [7, 11) is 0. The zero-order chi connectivity index (χ0) is 7.28. The lowest BCUT2D eigenvalue weighted by Gasteiger charge is -2.06. The van der Waals surface area contributed by atoms with Gasteiger partial charge in [-0.05, 0) is 12.7 Å². The molecule has 0 aromatic heterocycles. The van der Waals surface area contributed by atoms with E-state index in [4.69, 9.17) is 0 Å². The van der Waals surface area contributed by atoms with Crippen LogP contribution in [0.4, 0.5) is 0 Å². The molecule has 0 fully saturated rings. The summed E-state index contributed by atoms with van der Waals surface area (Å²) in [6.07, 6.45) is 2.91. The zero-order valence-electron chi connectivity index (χ0n) is 5.76. The topological polar surface area (TPSA) is 17.1 Å². The van der Waals surface area contributed by atoms with Gasteiger partial charge in [-0.2, -0.15) is 11.8 Å². The largest absolute Gasteiger partial charge is 0.287 e. The van der Waals surface area contributed by atoms with E-state index in [0.29, 0.717) is 0 Å². The number of carbonyl (C=O) groups is 1. The van der Waals surface area contributed by atoms with E-state index in [1.807, 2.05) is 13.2 Å². The highest BCUT2D eigenvalue weighted by atomic mass is 32.2. The van der Waals surface area contributed by atoms with E-state index in [1.54, 1.807) is 11.8 Å². The van der Waals surface area contributed by atoms with Crippen LogP contribution in [-0.2, 0) is 4.79 Å². The fraction of sp³-hybridized carbons (Fsp3) is 0.833. The molecular formula is C6H12OS2. The van der Waals surface area contributed by atoms with Crippen LogP contribution in [0, 0.1) is 5.92 Å². The van der Waals surface area contributed by atoms with Crippen molar-refractivity contribution in [2.75, 3.05) is 12.0 Å². The third-order valence-electron chi connectivity index (χ3n) is 1.21. The molecule has 0 rings (SSSR count). The minimum Gasteiger partial charge on any atom is -0.287 e. The second kappa shape index (κ2) is 5.18. The molecule has 1 atom stereocenters. The number of carbonyl (C=O) groups excluding carboxylic acids is 1. The predicted molar refractivity (Wildman–Crippen MR) is 46.2 cm³/mol. The average molecular weight is 164 g/mol. The van der Waals surface area contributed by atoms with Gasteiger partial charge in [0, 0.05) is 11.7 Å². The molecule has 54 valence electrons. The van der Waals surface area contributed by atoms with Crippen molar-refractivity contribution < 1.29 is 4.79 Å². The van der Waals surface area contributed by atoms with Gasteiger partial charge in [0.15, 0.2) is 5.12 Å². The van der Waals surface area contributed by atoms with Crippen LogP contribution in [0.15, 0.2) is 0 Å². The summed E-state index contributed by atoms with van der Waals surface area (Å²) in [5, 5.41) is 0.0202. The quantitative estimate of drug-likeness (QED) is 0.638. The van der Waals surface area contributed by atoms with Crippen LogP contribution >= 0.6 is 24.4 Å². The molecule has 0 aliphatic heterocycles. The minimum atomic E-state index is 0.0202. The lowest BCUT2D eigenvalue weighted by Crippen LogP contribution is -2.09. The van der Waals surface area contributed by atoms with E-state index in [2.05, 4.69) is 12.6 Å². The van der Waals surface area contributed by atoms with Crippen LogP contribution in [-0.4, -0.2) is 17.1 Å². The van der Waals surface area contributed by atoms with Crippen LogP contribution in [0.3, 0.4) is 0 Å². The van der Waals surface area contributed by atoms with E-state index in [9.17, 15) is 4.79 Å². The molecule has 3 heteroatoms. The molecule has 1 nitrogen and oxygen atoms in total. The maximum atomic E-state index is 10.6. The lowest BCUT2D eigenvalue weighted by atomic mass is 10.1. The van der Waals surface area contributed by atoms with Crippen LogP contribution in [0.5, 0.6) is 0 Å². The SMILES string of the molecule is CCC(CSC)C(=O)S. The van der Waals surface area contributed by atoms with E-state index in [-0.39, 0.29) is 11.0 Å². The normalized spacial score (nSPS) is 13.2. The van der Waals surface area contributed by atoms with Crippen molar-refractivity contribution in [3.8, 4) is 0 Å². The number of hydrogen-bond donors (Lipinski definition) is 1. The number of hydrogen-bond acceptors (Lipinski definition) is 2. The van der Waals surface area contributed by atoms with Gasteiger partial charge in [0.25, 0.3) is 0 Å². The molecular weight excluding hydrogens is 152 g/mol. The molecule has 0 radical (unpaired) electrons. The van der Waals surface area contributed by atoms with Crippen LogP contribution in [0.1, 0.15) is 13.3 Å². The van der Waals surface area contributed by atoms with E-state index >= 15 is 0 Å². The summed E-state index contributed by atoms with van der Waals surface area (Å²) in [4.78, 5) is 10.6. The number of rotatable bonds is 4. The van der Waals surface area contributed by atoms with Crippen molar-refractivity contribution in [2.45, 2.75) is 13.3 Å². The summed E-state index contributed by atoms with van der Waals surface area (Å²) >= 11 is 5.45. The van der Waals surface area contributed by atoms with Gasteiger partial charge in [-0.15, -0.1) is 12.6 Å². The third kappa shape index (κ3) is 3.87. The zero-order valence-corrected chi connectivity index (χ0v) is 7.47. The van der Waals surface area contributed by atoms with Gasteiger partial charge in [-0.1, -0.05) is 6.92 Å². The van der Waals surface area contributed by atoms with Gasteiger partial charge in [-0.25, -0.2) is 0 Å². The Bertz CT molecular complexity index is 93.1. The molecule has 0 aliphatic carbocycles.